The van der Waals surface area contributed by atoms with E-state index in [1.165, 1.54) is 47.4 Å². The van der Waals surface area contributed by atoms with Crippen molar-refractivity contribution in [2.45, 2.75) is 25.7 Å². The number of benzene rings is 2. The van der Waals surface area contributed by atoms with Crippen molar-refractivity contribution in [1.82, 2.24) is 9.88 Å². The molecule has 1 aromatic heterocycles. The minimum Gasteiger partial charge on any atom is -0.345 e. The number of piperazine rings is 1. The van der Waals surface area contributed by atoms with E-state index in [4.69, 9.17) is 0 Å². The molecule has 0 saturated carbocycles. The molecule has 1 fully saturated rings. The number of hydrogen-bond acceptors (Lipinski definition) is 4. The van der Waals surface area contributed by atoms with Crippen molar-refractivity contribution in [3.8, 4) is 0 Å². The zero-order valence-corrected chi connectivity index (χ0v) is 16.5. The maximum Gasteiger partial charge on any atom is 0.253 e. The number of thiazole rings is 1. The Hall–Kier alpha value is -2.47. The summed E-state index contributed by atoms with van der Waals surface area (Å²) < 4.78 is 14.3. The molecule has 0 N–H and O–H groups in total. The van der Waals surface area contributed by atoms with E-state index >= 15 is 0 Å². The van der Waals surface area contributed by atoms with Crippen molar-refractivity contribution in [3.05, 3.63) is 58.9 Å². The first kappa shape index (κ1) is 17.6. The van der Waals surface area contributed by atoms with E-state index in [1.807, 2.05) is 11.0 Å². The van der Waals surface area contributed by atoms with Crippen LogP contribution < -0.4 is 4.90 Å². The first-order valence-corrected chi connectivity index (χ1v) is 10.7. The van der Waals surface area contributed by atoms with Crippen molar-refractivity contribution in [1.29, 1.82) is 0 Å². The predicted molar refractivity (Wildman–Crippen MR) is 111 cm³/mol. The summed E-state index contributed by atoms with van der Waals surface area (Å²) in [6.45, 7) is 2.86. The lowest BCUT2D eigenvalue weighted by atomic mass is 9.90. The van der Waals surface area contributed by atoms with Crippen LogP contribution in [-0.2, 0) is 12.8 Å². The third-order valence-corrected chi connectivity index (χ3v) is 6.85. The van der Waals surface area contributed by atoms with Crippen LogP contribution in [-0.4, -0.2) is 42.0 Å². The summed E-state index contributed by atoms with van der Waals surface area (Å²) >= 11 is 1.51. The van der Waals surface area contributed by atoms with E-state index in [-0.39, 0.29) is 11.7 Å². The first-order chi connectivity index (χ1) is 13.7. The molecule has 0 bridgehead atoms. The Kier molecular flexibility index (Phi) is 4.51. The molecule has 1 saturated heterocycles. The minimum absolute atomic E-state index is 0.124. The Bertz CT molecular complexity index is 1040. The molecule has 3 aromatic rings. The quantitative estimate of drug-likeness (QED) is 0.650. The number of hydrogen-bond donors (Lipinski definition) is 0. The average Bonchev–Trinajstić information content (AvgIpc) is 3.16. The molecule has 0 spiro atoms. The second kappa shape index (κ2) is 7.17. The number of anilines is 1. The van der Waals surface area contributed by atoms with E-state index in [9.17, 15) is 9.18 Å². The van der Waals surface area contributed by atoms with Gasteiger partial charge in [-0.05, 0) is 67.1 Å². The van der Waals surface area contributed by atoms with Crippen LogP contribution in [0.25, 0.3) is 10.2 Å². The third kappa shape index (κ3) is 3.26. The Morgan fingerprint density at radius 3 is 2.57 bits per heavy atom. The maximum absolute atomic E-state index is 13.4. The number of rotatable bonds is 2. The van der Waals surface area contributed by atoms with Crippen LogP contribution in [0.3, 0.4) is 0 Å². The fourth-order valence-electron chi connectivity index (χ4n) is 4.17. The number of amides is 1. The van der Waals surface area contributed by atoms with Crippen LogP contribution in [0.1, 0.15) is 34.3 Å². The van der Waals surface area contributed by atoms with Gasteiger partial charge in [0, 0.05) is 31.7 Å². The van der Waals surface area contributed by atoms with Gasteiger partial charge in [0.1, 0.15) is 5.82 Å². The lowest BCUT2D eigenvalue weighted by Crippen LogP contribution is -2.48. The highest BCUT2D eigenvalue weighted by molar-refractivity contribution is 7.22. The summed E-state index contributed by atoms with van der Waals surface area (Å²) in [5.41, 5.74) is 4.39. The van der Waals surface area contributed by atoms with Crippen LogP contribution in [0.15, 0.2) is 36.4 Å². The number of nitrogens with zero attached hydrogens (tertiary/aromatic N) is 3. The summed E-state index contributed by atoms with van der Waals surface area (Å²) in [6.07, 6.45) is 4.69. The van der Waals surface area contributed by atoms with Gasteiger partial charge in [0.25, 0.3) is 5.91 Å². The zero-order valence-electron chi connectivity index (χ0n) is 15.7. The normalized spacial score (nSPS) is 17.0. The van der Waals surface area contributed by atoms with Crippen LogP contribution in [0, 0.1) is 5.82 Å². The number of carbonyl (C=O) groups excluding carboxylic acids is 1. The van der Waals surface area contributed by atoms with Gasteiger partial charge in [-0.25, -0.2) is 9.37 Å². The summed E-state index contributed by atoms with van der Waals surface area (Å²) in [4.78, 5) is 21.7. The highest BCUT2D eigenvalue weighted by Crippen LogP contribution is 2.30. The largest absolute Gasteiger partial charge is 0.345 e. The van der Waals surface area contributed by atoms with Gasteiger partial charge in [0.15, 0.2) is 5.13 Å². The number of fused-ring (bicyclic) bond motifs is 2. The predicted octanol–water partition coefficient (Wildman–Crippen LogP) is 4.28. The number of halogens is 1. The molecule has 5 rings (SSSR count). The molecule has 0 unspecified atom stereocenters. The van der Waals surface area contributed by atoms with Gasteiger partial charge in [-0.1, -0.05) is 17.4 Å². The van der Waals surface area contributed by atoms with Crippen molar-refractivity contribution < 1.29 is 9.18 Å². The molecule has 1 aliphatic heterocycles. The highest BCUT2D eigenvalue weighted by Gasteiger charge is 2.24. The molecule has 144 valence electrons. The molecule has 1 aliphatic carbocycles. The molecule has 1 amide bonds. The summed E-state index contributed by atoms with van der Waals surface area (Å²) in [6, 6.07) is 10.9. The number of aromatic nitrogens is 1. The van der Waals surface area contributed by atoms with Crippen LogP contribution in [0.2, 0.25) is 0 Å². The van der Waals surface area contributed by atoms with Gasteiger partial charge in [0.2, 0.25) is 0 Å². The number of carbonyl (C=O) groups is 1. The van der Waals surface area contributed by atoms with Gasteiger partial charge >= 0.3 is 0 Å². The lowest BCUT2D eigenvalue weighted by molar-refractivity contribution is 0.0746. The van der Waals surface area contributed by atoms with Gasteiger partial charge in [-0.3, -0.25) is 4.79 Å². The van der Waals surface area contributed by atoms with Crippen LogP contribution >= 0.6 is 11.3 Å². The van der Waals surface area contributed by atoms with Gasteiger partial charge in [-0.15, -0.1) is 0 Å². The Labute approximate surface area is 167 Å². The Morgan fingerprint density at radius 1 is 0.964 bits per heavy atom. The molecule has 0 radical (unpaired) electrons. The second-order valence-electron chi connectivity index (χ2n) is 7.58. The molecule has 2 aromatic carbocycles. The SMILES string of the molecule is O=C(c1ccc2c(c1)CCCC2)N1CCN(c2nc3ccc(F)cc3s2)CC1. The van der Waals surface area contributed by atoms with E-state index in [1.54, 1.807) is 6.07 Å². The fourth-order valence-corrected chi connectivity index (χ4v) is 5.21. The van der Waals surface area contributed by atoms with E-state index in [0.717, 1.165) is 46.8 Å². The molecule has 2 aliphatic rings. The molecule has 6 heteroatoms. The standard InChI is InChI=1S/C22H22FN3OS/c23-18-7-8-19-20(14-18)28-22(24-19)26-11-9-25(10-12-26)21(27)17-6-5-15-3-1-2-4-16(15)13-17/h5-8,13-14H,1-4,9-12H2. The molecular weight excluding hydrogens is 373 g/mol. The van der Waals surface area contributed by atoms with Crippen molar-refractivity contribution in [2.75, 3.05) is 31.1 Å². The fraction of sp³-hybridized carbons (Fsp3) is 0.364. The highest BCUT2D eigenvalue weighted by atomic mass is 32.1. The Morgan fingerprint density at radius 2 is 1.75 bits per heavy atom. The molecule has 2 heterocycles. The lowest BCUT2D eigenvalue weighted by Gasteiger charge is -2.34. The number of aryl methyl sites for hydroxylation is 2. The zero-order chi connectivity index (χ0) is 19.1. The monoisotopic (exact) mass is 395 g/mol. The smallest absolute Gasteiger partial charge is 0.253 e. The van der Waals surface area contributed by atoms with E-state index in [0.29, 0.717) is 13.1 Å². The molecular formula is C22H22FN3OS. The van der Waals surface area contributed by atoms with Crippen molar-refractivity contribution >= 4 is 32.6 Å². The van der Waals surface area contributed by atoms with E-state index < -0.39 is 0 Å². The average molecular weight is 396 g/mol. The van der Waals surface area contributed by atoms with Crippen LogP contribution in [0.5, 0.6) is 0 Å². The summed E-state index contributed by atoms with van der Waals surface area (Å²) in [7, 11) is 0. The van der Waals surface area contributed by atoms with Crippen molar-refractivity contribution in [2.24, 2.45) is 0 Å². The van der Waals surface area contributed by atoms with Gasteiger partial charge in [-0.2, -0.15) is 0 Å². The van der Waals surface area contributed by atoms with Gasteiger partial charge < -0.3 is 9.80 Å². The van der Waals surface area contributed by atoms with Gasteiger partial charge in [0.05, 0.1) is 10.2 Å². The molecule has 0 atom stereocenters. The second-order valence-corrected chi connectivity index (χ2v) is 8.59. The van der Waals surface area contributed by atoms with E-state index in [2.05, 4.69) is 22.0 Å². The maximum atomic E-state index is 13.4. The topological polar surface area (TPSA) is 36.4 Å². The summed E-state index contributed by atoms with van der Waals surface area (Å²) in [5.74, 6) is -0.109. The molecule has 28 heavy (non-hydrogen) atoms. The third-order valence-electron chi connectivity index (χ3n) is 5.77. The van der Waals surface area contributed by atoms with Crippen LogP contribution in [0.4, 0.5) is 9.52 Å². The molecule has 4 nitrogen and oxygen atoms in total. The summed E-state index contributed by atoms with van der Waals surface area (Å²) in [5, 5.41) is 0.904. The Balaban J connectivity index is 1.28. The first-order valence-electron chi connectivity index (χ1n) is 9.89. The van der Waals surface area contributed by atoms with Crippen molar-refractivity contribution in [3.63, 3.8) is 0 Å². The minimum atomic E-state index is -0.233.